The summed E-state index contributed by atoms with van der Waals surface area (Å²) in [6.07, 6.45) is 0. The molecule has 0 spiro atoms. The van der Waals surface area contributed by atoms with Gasteiger partial charge in [-0.1, -0.05) is 36.4 Å². The van der Waals surface area contributed by atoms with E-state index in [1.807, 2.05) is 18.2 Å². The lowest BCUT2D eigenvalue weighted by Gasteiger charge is -2.11. The first-order chi connectivity index (χ1) is 7.77. The van der Waals surface area contributed by atoms with Gasteiger partial charge in [-0.3, -0.25) is 0 Å². The Balaban J connectivity index is 2.11. The molecule has 0 atom stereocenters. The van der Waals surface area contributed by atoms with Crippen molar-refractivity contribution in [2.45, 2.75) is 20.4 Å². The van der Waals surface area contributed by atoms with E-state index < -0.39 is 0 Å². The number of hydrogen-bond donors (Lipinski definition) is 1. The number of aryl methyl sites for hydroxylation is 2. The predicted octanol–water partition coefficient (Wildman–Crippen LogP) is 3.92. The van der Waals surface area contributed by atoms with Crippen LogP contribution in [0.15, 0.2) is 48.5 Å². The summed E-state index contributed by atoms with van der Waals surface area (Å²) in [5.74, 6) is 0. The van der Waals surface area contributed by atoms with Crippen LogP contribution in [0, 0.1) is 13.8 Å². The highest BCUT2D eigenvalue weighted by Gasteiger charge is 2.01. The van der Waals surface area contributed by atoms with Crippen molar-refractivity contribution in [3.63, 3.8) is 0 Å². The number of benzene rings is 2. The Morgan fingerprint density at radius 1 is 0.812 bits per heavy atom. The molecule has 0 bridgehead atoms. The lowest BCUT2D eigenvalue weighted by Crippen LogP contribution is -2.03. The molecule has 2 aromatic rings. The minimum Gasteiger partial charge on any atom is -0.381 e. The first kappa shape index (κ1) is 10.7. The Morgan fingerprint density at radius 2 is 1.44 bits per heavy atom. The number of para-hydroxylation sites is 1. The Morgan fingerprint density at radius 3 is 2.06 bits per heavy atom. The van der Waals surface area contributed by atoms with Crippen LogP contribution in [0.4, 0.5) is 5.69 Å². The number of hydrogen-bond acceptors (Lipinski definition) is 1. The van der Waals surface area contributed by atoms with Gasteiger partial charge in [-0.2, -0.15) is 0 Å². The molecule has 1 heteroatoms. The summed E-state index contributed by atoms with van der Waals surface area (Å²) in [7, 11) is 0. The lowest BCUT2D eigenvalue weighted by molar-refractivity contribution is 1.09. The SMILES string of the molecule is Cc1cccc(C)c1CNc1ccccc1. The quantitative estimate of drug-likeness (QED) is 0.811. The summed E-state index contributed by atoms with van der Waals surface area (Å²) in [6.45, 7) is 5.21. The molecule has 0 saturated heterocycles. The van der Waals surface area contributed by atoms with Gasteiger partial charge in [0.1, 0.15) is 0 Å². The smallest absolute Gasteiger partial charge is 0.0406 e. The lowest BCUT2D eigenvalue weighted by atomic mass is 10.0. The topological polar surface area (TPSA) is 12.0 Å². The standard InChI is InChI=1S/C15H17N/c1-12-7-6-8-13(2)15(12)11-16-14-9-4-3-5-10-14/h3-10,16H,11H2,1-2H3. The van der Waals surface area contributed by atoms with E-state index in [-0.39, 0.29) is 0 Å². The average Bonchev–Trinajstić information content (AvgIpc) is 2.30. The zero-order valence-electron chi connectivity index (χ0n) is 9.83. The van der Waals surface area contributed by atoms with Gasteiger partial charge in [0.15, 0.2) is 0 Å². The van der Waals surface area contributed by atoms with E-state index in [0.29, 0.717) is 0 Å². The minimum atomic E-state index is 0.891. The van der Waals surface area contributed by atoms with Crippen LogP contribution in [0.1, 0.15) is 16.7 Å². The molecule has 1 N–H and O–H groups in total. The van der Waals surface area contributed by atoms with Gasteiger partial charge >= 0.3 is 0 Å². The second-order valence-corrected chi connectivity index (χ2v) is 4.09. The van der Waals surface area contributed by atoms with E-state index >= 15 is 0 Å². The van der Waals surface area contributed by atoms with Crippen LogP contribution in [0.2, 0.25) is 0 Å². The van der Waals surface area contributed by atoms with Gasteiger partial charge in [0, 0.05) is 12.2 Å². The summed E-state index contributed by atoms with van der Waals surface area (Å²) in [4.78, 5) is 0. The molecule has 0 amide bonds. The fraction of sp³-hybridized carbons (Fsp3) is 0.200. The molecule has 0 aliphatic heterocycles. The van der Waals surface area contributed by atoms with Crippen molar-refractivity contribution in [2.75, 3.05) is 5.32 Å². The van der Waals surface area contributed by atoms with Crippen molar-refractivity contribution in [2.24, 2.45) is 0 Å². The summed E-state index contributed by atoms with van der Waals surface area (Å²) in [5, 5.41) is 3.44. The normalized spacial score (nSPS) is 10.1. The molecule has 0 aromatic heterocycles. The Hall–Kier alpha value is -1.76. The van der Waals surface area contributed by atoms with Crippen molar-refractivity contribution in [3.05, 3.63) is 65.2 Å². The molecule has 0 fully saturated rings. The summed E-state index contributed by atoms with van der Waals surface area (Å²) in [5.41, 5.74) is 5.27. The van der Waals surface area contributed by atoms with Gasteiger partial charge in [0.25, 0.3) is 0 Å². The molecule has 0 aliphatic carbocycles. The summed E-state index contributed by atoms with van der Waals surface area (Å²) in [6, 6.07) is 16.7. The van der Waals surface area contributed by atoms with Crippen molar-refractivity contribution < 1.29 is 0 Å². The minimum absolute atomic E-state index is 0.891. The predicted molar refractivity (Wildman–Crippen MR) is 69.7 cm³/mol. The van der Waals surface area contributed by atoms with Gasteiger partial charge in [0.2, 0.25) is 0 Å². The van der Waals surface area contributed by atoms with Gasteiger partial charge < -0.3 is 5.32 Å². The van der Waals surface area contributed by atoms with Crippen LogP contribution < -0.4 is 5.32 Å². The molecule has 0 radical (unpaired) electrons. The molecule has 2 aromatic carbocycles. The van der Waals surface area contributed by atoms with E-state index in [0.717, 1.165) is 6.54 Å². The van der Waals surface area contributed by atoms with E-state index in [2.05, 4.69) is 49.5 Å². The third-order valence-corrected chi connectivity index (χ3v) is 2.89. The molecule has 2 rings (SSSR count). The zero-order chi connectivity index (χ0) is 11.4. The summed E-state index contributed by atoms with van der Waals surface area (Å²) < 4.78 is 0. The molecule has 0 aliphatic rings. The van der Waals surface area contributed by atoms with Crippen LogP contribution in [0.5, 0.6) is 0 Å². The first-order valence-corrected chi connectivity index (χ1v) is 5.61. The Labute approximate surface area is 97.1 Å². The third kappa shape index (κ3) is 2.43. The maximum absolute atomic E-state index is 3.44. The Kier molecular flexibility index (Phi) is 3.25. The first-order valence-electron chi connectivity index (χ1n) is 5.61. The zero-order valence-corrected chi connectivity index (χ0v) is 9.83. The molecule has 1 nitrogen and oxygen atoms in total. The Bertz CT molecular complexity index is 440. The van der Waals surface area contributed by atoms with Crippen molar-refractivity contribution >= 4 is 5.69 Å². The highest BCUT2D eigenvalue weighted by atomic mass is 14.9. The number of rotatable bonds is 3. The fourth-order valence-electron chi connectivity index (χ4n) is 1.87. The number of anilines is 1. The largest absolute Gasteiger partial charge is 0.381 e. The van der Waals surface area contributed by atoms with Gasteiger partial charge in [0.05, 0.1) is 0 Å². The van der Waals surface area contributed by atoms with Crippen molar-refractivity contribution in [1.82, 2.24) is 0 Å². The highest BCUT2D eigenvalue weighted by Crippen LogP contribution is 2.15. The third-order valence-electron chi connectivity index (χ3n) is 2.89. The second-order valence-electron chi connectivity index (χ2n) is 4.09. The molecule has 0 saturated carbocycles. The molecule has 0 unspecified atom stereocenters. The number of nitrogens with one attached hydrogen (secondary N) is 1. The summed E-state index contributed by atoms with van der Waals surface area (Å²) >= 11 is 0. The van der Waals surface area contributed by atoms with E-state index in [9.17, 15) is 0 Å². The van der Waals surface area contributed by atoms with Gasteiger partial charge in [-0.15, -0.1) is 0 Å². The maximum Gasteiger partial charge on any atom is 0.0406 e. The van der Waals surface area contributed by atoms with Crippen LogP contribution in [0.3, 0.4) is 0 Å². The second kappa shape index (κ2) is 4.84. The van der Waals surface area contributed by atoms with Crippen LogP contribution >= 0.6 is 0 Å². The average molecular weight is 211 g/mol. The highest BCUT2D eigenvalue weighted by molar-refractivity contribution is 5.45. The van der Waals surface area contributed by atoms with Crippen molar-refractivity contribution in [1.29, 1.82) is 0 Å². The van der Waals surface area contributed by atoms with E-state index in [1.54, 1.807) is 0 Å². The van der Waals surface area contributed by atoms with E-state index in [1.165, 1.54) is 22.4 Å². The van der Waals surface area contributed by atoms with Gasteiger partial charge in [-0.25, -0.2) is 0 Å². The van der Waals surface area contributed by atoms with Crippen molar-refractivity contribution in [3.8, 4) is 0 Å². The molecule has 0 heterocycles. The molecule has 82 valence electrons. The van der Waals surface area contributed by atoms with Crippen LogP contribution in [0.25, 0.3) is 0 Å². The van der Waals surface area contributed by atoms with E-state index in [4.69, 9.17) is 0 Å². The molecule has 16 heavy (non-hydrogen) atoms. The molecular formula is C15H17N. The van der Waals surface area contributed by atoms with Crippen LogP contribution in [-0.2, 0) is 6.54 Å². The fourth-order valence-corrected chi connectivity index (χ4v) is 1.87. The monoisotopic (exact) mass is 211 g/mol. The van der Waals surface area contributed by atoms with Crippen LogP contribution in [-0.4, -0.2) is 0 Å². The van der Waals surface area contributed by atoms with Gasteiger partial charge in [-0.05, 0) is 42.7 Å². The molecular weight excluding hydrogens is 194 g/mol. The maximum atomic E-state index is 3.44.